The molecule has 0 aliphatic heterocycles. The van der Waals surface area contributed by atoms with Crippen molar-refractivity contribution >= 4 is 9.84 Å². The highest BCUT2D eigenvalue weighted by atomic mass is 32.2. The number of ether oxygens (including phenoxy) is 1. The largest absolute Gasteiger partial charge is 0.573 e. The van der Waals surface area contributed by atoms with Crippen molar-refractivity contribution < 1.29 is 49.0 Å². The Labute approximate surface area is 252 Å². The molecule has 5 aromatic rings. The van der Waals surface area contributed by atoms with Crippen molar-refractivity contribution in [3.63, 3.8) is 0 Å². The van der Waals surface area contributed by atoms with Crippen molar-refractivity contribution in [3.05, 3.63) is 89.8 Å². The predicted octanol–water partition coefficient (Wildman–Crippen LogP) is 7.29. The Morgan fingerprint density at radius 3 is 2.09 bits per heavy atom. The Balaban J connectivity index is 1.73. The monoisotopic (exact) mass is 651 g/mol. The van der Waals surface area contributed by atoms with Crippen LogP contribution in [-0.2, 0) is 22.6 Å². The molecule has 0 bridgehead atoms. The van der Waals surface area contributed by atoms with Gasteiger partial charge in [0.05, 0.1) is 17.2 Å². The SMILES string of the molecule is Cc1nc(-c2ccc(OC(F)(F)F)cc2)c(-c2cc(-c3ccc(CO)c(S(C)(=O)=O)c3)ccc2-n2cc(C(F)(F)F)nc2C)o1. The van der Waals surface area contributed by atoms with Crippen molar-refractivity contribution in [1.82, 2.24) is 14.5 Å². The molecule has 2 heterocycles. The number of aromatic nitrogens is 3. The average molecular weight is 652 g/mol. The number of alkyl halides is 6. The number of aliphatic hydroxyl groups excluding tert-OH is 1. The number of imidazole rings is 1. The summed E-state index contributed by atoms with van der Waals surface area (Å²) in [6, 6.07) is 13.8. The van der Waals surface area contributed by atoms with Crippen LogP contribution in [0.15, 0.2) is 76.2 Å². The van der Waals surface area contributed by atoms with Crippen molar-refractivity contribution in [1.29, 1.82) is 0 Å². The van der Waals surface area contributed by atoms with Crippen LogP contribution in [0.5, 0.6) is 5.75 Å². The van der Waals surface area contributed by atoms with Gasteiger partial charge in [-0.1, -0.05) is 18.2 Å². The highest BCUT2D eigenvalue weighted by molar-refractivity contribution is 7.90. The minimum absolute atomic E-state index is 0.00516. The molecule has 0 fully saturated rings. The van der Waals surface area contributed by atoms with Gasteiger partial charge in [-0.2, -0.15) is 13.2 Å². The first kappa shape index (κ1) is 31.8. The standard InChI is InChI=1S/C30H23F6N3O5S/c1-16-37-26(29(31,32)33)14-39(16)24-11-8-19(20-4-5-21(15-40)25(13-20)45(3,41)42)12-23(24)28-27(38-17(2)43-28)18-6-9-22(10-7-18)44-30(34,35)36/h4-14,40H,15H2,1-3H3. The van der Waals surface area contributed by atoms with E-state index in [1.165, 1.54) is 48.7 Å². The van der Waals surface area contributed by atoms with Gasteiger partial charge in [-0.25, -0.2) is 18.4 Å². The topological polar surface area (TPSA) is 107 Å². The quantitative estimate of drug-likeness (QED) is 0.184. The molecule has 0 unspecified atom stereocenters. The molecule has 0 spiro atoms. The molecule has 0 amide bonds. The summed E-state index contributed by atoms with van der Waals surface area (Å²) in [6.45, 7) is 2.38. The summed E-state index contributed by atoms with van der Waals surface area (Å²) in [4.78, 5) is 7.94. The van der Waals surface area contributed by atoms with Crippen LogP contribution in [-0.4, -0.2) is 40.7 Å². The lowest BCUT2D eigenvalue weighted by Crippen LogP contribution is -2.16. The van der Waals surface area contributed by atoms with Crippen molar-refractivity contribution in [2.24, 2.45) is 0 Å². The van der Waals surface area contributed by atoms with Crippen LogP contribution in [0.1, 0.15) is 23.0 Å². The number of sulfone groups is 1. The van der Waals surface area contributed by atoms with E-state index in [2.05, 4.69) is 14.7 Å². The first-order valence-corrected chi connectivity index (χ1v) is 14.9. The zero-order valence-electron chi connectivity index (χ0n) is 23.7. The van der Waals surface area contributed by atoms with Crippen molar-refractivity contribution in [3.8, 4) is 45.1 Å². The summed E-state index contributed by atoms with van der Waals surface area (Å²) in [5.41, 5.74) is 0.795. The maximum absolute atomic E-state index is 13.6. The first-order chi connectivity index (χ1) is 20.9. The lowest BCUT2D eigenvalue weighted by molar-refractivity contribution is -0.274. The normalized spacial score (nSPS) is 12.5. The summed E-state index contributed by atoms with van der Waals surface area (Å²) in [5.74, 6) is -0.255. The van der Waals surface area contributed by atoms with E-state index in [0.29, 0.717) is 16.7 Å². The highest BCUT2D eigenvalue weighted by Gasteiger charge is 2.35. The molecule has 45 heavy (non-hydrogen) atoms. The van der Waals surface area contributed by atoms with Gasteiger partial charge in [0.2, 0.25) is 0 Å². The Bertz CT molecular complexity index is 2000. The van der Waals surface area contributed by atoms with E-state index < -0.39 is 40.4 Å². The highest BCUT2D eigenvalue weighted by Crippen LogP contribution is 2.40. The number of oxazole rings is 1. The first-order valence-electron chi connectivity index (χ1n) is 13.0. The number of hydrogen-bond donors (Lipinski definition) is 1. The van der Waals surface area contributed by atoms with Crippen LogP contribution in [0.4, 0.5) is 26.3 Å². The second-order valence-corrected chi connectivity index (χ2v) is 12.0. The Kier molecular flexibility index (Phi) is 8.04. The van der Waals surface area contributed by atoms with E-state index in [1.54, 1.807) is 18.2 Å². The zero-order valence-corrected chi connectivity index (χ0v) is 24.5. The number of aliphatic hydroxyl groups is 1. The van der Waals surface area contributed by atoms with Gasteiger partial charge >= 0.3 is 12.5 Å². The molecule has 5 rings (SSSR count). The molecule has 0 radical (unpaired) electrons. The second-order valence-electron chi connectivity index (χ2n) is 10.0. The fourth-order valence-electron chi connectivity index (χ4n) is 4.79. The second kappa shape index (κ2) is 11.4. The van der Waals surface area contributed by atoms with E-state index in [0.717, 1.165) is 24.6 Å². The van der Waals surface area contributed by atoms with Crippen LogP contribution < -0.4 is 4.74 Å². The molecular weight excluding hydrogens is 628 g/mol. The number of nitrogens with zero attached hydrogens (tertiary/aromatic N) is 3. The fourth-order valence-corrected chi connectivity index (χ4v) is 5.74. The molecule has 0 aliphatic rings. The number of hydrogen-bond acceptors (Lipinski definition) is 7. The van der Waals surface area contributed by atoms with Crippen LogP contribution >= 0.6 is 0 Å². The van der Waals surface area contributed by atoms with Gasteiger partial charge in [-0.3, -0.25) is 0 Å². The minimum atomic E-state index is -4.91. The van der Waals surface area contributed by atoms with E-state index in [4.69, 9.17) is 4.42 Å². The molecule has 3 aromatic carbocycles. The maximum Gasteiger partial charge on any atom is 0.573 e. The smallest absolute Gasteiger partial charge is 0.440 e. The number of halogens is 6. The number of rotatable bonds is 7. The van der Waals surface area contributed by atoms with E-state index >= 15 is 0 Å². The third-order valence-corrected chi connectivity index (χ3v) is 7.92. The van der Waals surface area contributed by atoms with Crippen molar-refractivity contribution in [2.75, 3.05) is 6.26 Å². The summed E-state index contributed by atoms with van der Waals surface area (Å²) >= 11 is 0. The summed E-state index contributed by atoms with van der Waals surface area (Å²) in [5, 5.41) is 9.66. The van der Waals surface area contributed by atoms with Gasteiger partial charge in [0.25, 0.3) is 0 Å². The van der Waals surface area contributed by atoms with Gasteiger partial charge < -0.3 is 18.8 Å². The van der Waals surface area contributed by atoms with Gasteiger partial charge in [0.15, 0.2) is 27.2 Å². The molecule has 236 valence electrons. The molecule has 0 atom stereocenters. The molecule has 2 aromatic heterocycles. The van der Waals surface area contributed by atoms with Gasteiger partial charge in [0, 0.05) is 30.5 Å². The lowest BCUT2D eigenvalue weighted by Gasteiger charge is -2.15. The third-order valence-electron chi connectivity index (χ3n) is 6.74. The molecule has 0 aliphatic carbocycles. The Morgan fingerprint density at radius 2 is 1.51 bits per heavy atom. The van der Waals surface area contributed by atoms with Crippen LogP contribution in [0.3, 0.4) is 0 Å². The summed E-state index contributed by atoms with van der Waals surface area (Å²) in [7, 11) is -3.75. The molecule has 0 saturated heterocycles. The number of aryl methyl sites for hydroxylation is 2. The maximum atomic E-state index is 13.6. The minimum Gasteiger partial charge on any atom is -0.440 e. The van der Waals surface area contributed by atoms with Crippen LogP contribution in [0, 0.1) is 13.8 Å². The average Bonchev–Trinajstić information content (AvgIpc) is 3.54. The predicted molar refractivity (Wildman–Crippen MR) is 150 cm³/mol. The van der Waals surface area contributed by atoms with Crippen molar-refractivity contribution in [2.45, 2.75) is 37.9 Å². The van der Waals surface area contributed by atoms with Gasteiger partial charge in [0.1, 0.15) is 17.3 Å². The van der Waals surface area contributed by atoms with Gasteiger partial charge in [-0.15, -0.1) is 13.2 Å². The summed E-state index contributed by atoms with van der Waals surface area (Å²) < 4.78 is 115. The van der Waals surface area contributed by atoms with E-state index in [-0.39, 0.29) is 44.9 Å². The Hall–Kier alpha value is -4.63. The molecule has 1 N–H and O–H groups in total. The number of benzene rings is 3. The summed E-state index contributed by atoms with van der Waals surface area (Å²) in [6.07, 6.45) is -7.83. The zero-order chi connectivity index (χ0) is 32.9. The molecule has 0 saturated carbocycles. The lowest BCUT2D eigenvalue weighted by atomic mass is 9.97. The third kappa shape index (κ3) is 6.73. The Morgan fingerprint density at radius 1 is 0.889 bits per heavy atom. The van der Waals surface area contributed by atoms with Crippen LogP contribution in [0.25, 0.3) is 39.4 Å². The fraction of sp³-hybridized carbons (Fsp3) is 0.200. The van der Waals surface area contributed by atoms with E-state index in [9.17, 15) is 39.9 Å². The van der Waals surface area contributed by atoms with Crippen LogP contribution in [0.2, 0.25) is 0 Å². The van der Waals surface area contributed by atoms with Gasteiger partial charge in [-0.05, 0) is 66.1 Å². The molecule has 15 heteroatoms. The molecule has 8 nitrogen and oxygen atoms in total. The molecular formula is C30H23F6N3O5S. The van der Waals surface area contributed by atoms with E-state index in [1.807, 2.05) is 0 Å².